The number of hydrogen-bond donors (Lipinski definition) is 1. The second-order valence-electron chi connectivity index (χ2n) is 7.89. The molecule has 2 heterocycles. The van der Waals surface area contributed by atoms with E-state index in [1.807, 2.05) is 41.0 Å². The molecule has 0 spiro atoms. The van der Waals surface area contributed by atoms with E-state index in [4.69, 9.17) is 4.74 Å². The van der Waals surface area contributed by atoms with Gasteiger partial charge < -0.3 is 19.9 Å². The highest BCUT2D eigenvalue weighted by Crippen LogP contribution is 2.24. The molecule has 28 heavy (non-hydrogen) atoms. The van der Waals surface area contributed by atoms with E-state index in [2.05, 4.69) is 12.2 Å². The molecule has 2 fully saturated rings. The topological polar surface area (TPSA) is 61.9 Å². The van der Waals surface area contributed by atoms with Crippen LogP contribution in [0.3, 0.4) is 0 Å². The monoisotopic (exact) mass is 387 g/mol. The quantitative estimate of drug-likeness (QED) is 0.814. The Morgan fingerprint density at radius 2 is 1.89 bits per heavy atom. The van der Waals surface area contributed by atoms with E-state index in [-0.39, 0.29) is 11.8 Å². The van der Waals surface area contributed by atoms with E-state index < -0.39 is 0 Å². The van der Waals surface area contributed by atoms with Crippen LogP contribution in [0.1, 0.15) is 43.5 Å². The predicted molar refractivity (Wildman–Crippen MR) is 109 cm³/mol. The van der Waals surface area contributed by atoms with Crippen LogP contribution in [-0.4, -0.2) is 67.5 Å². The van der Waals surface area contributed by atoms with Crippen molar-refractivity contribution < 1.29 is 14.3 Å². The molecule has 3 rings (SSSR count). The molecule has 0 bridgehead atoms. The molecule has 6 nitrogen and oxygen atoms in total. The van der Waals surface area contributed by atoms with Gasteiger partial charge in [0.15, 0.2) is 0 Å². The molecule has 1 aromatic carbocycles. The fraction of sp³-hybridized carbons (Fsp3) is 0.636. The first-order valence-corrected chi connectivity index (χ1v) is 10.6. The normalized spacial score (nSPS) is 21.3. The standard InChI is InChI=1S/C22H33N3O3/c1-3-28-20-9-5-4-8-19(20)22(27)25-13-11-24(12-14-25)21(26)15-17(2)18-7-6-10-23-16-18/h4-5,8-9,17-18,23H,3,6-7,10-16H2,1-2H3. The van der Waals surface area contributed by atoms with Crippen LogP contribution in [0.5, 0.6) is 5.75 Å². The predicted octanol–water partition coefficient (Wildman–Crippen LogP) is 2.40. The van der Waals surface area contributed by atoms with Gasteiger partial charge in [-0.2, -0.15) is 0 Å². The third kappa shape index (κ3) is 5.04. The Labute approximate surface area is 168 Å². The molecule has 2 amide bonds. The Balaban J connectivity index is 1.51. The van der Waals surface area contributed by atoms with Gasteiger partial charge in [-0.1, -0.05) is 19.1 Å². The van der Waals surface area contributed by atoms with Gasteiger partial charge in [-0.05, 0) is 56.8 Å². The fourth-order valence-electron chi connectivity index (χ4n) is 4.19. The maximum Gasteiger partial charge on any atom is 0.257 e. The van der Waals surface area contributed by atoms with Gasteiger partial charge in [0.2, 0.25) is 5.91 Å². The van der Waals surface area contributed by atoms with Crippen molar-refractivity contribution in [3.63, 3.8) is 0 Å². The minimum atomic E-state index is -0.0159. The summed E-state index contributed by atoms with van der Waals surface area (Å²) < 4.78 is 5.59. The number of nitrogens with one attached hydrogen (secondary N) is 1. The first-order valence-electron chi connectivity index (χ1n) is 10.6. The number of ether oxygens (including phenoxy) is 1. The molecular weight excluding hydrogens is 354 g/mol. The second kappa shape index (κ2) is 9.92. The molecule has 6 heteroatoms. The summed E-state index contributed by atoms with van der Waals surface area (Å²) >= 11 is 0. The molecule has 0 saturated carbocycles. The van der Waals surface area contributed by atoms with Gasteiger partial charge in [0, 0.05) is 32.6 Å². The summed E-state index contributed by atoms with van der Waals surface area (Å²) in [6, 6.07) is 7.38. The highest BCUT2D eigenvalue weighted by molar-refractivity contribution is 5.97. The number of benzene rings is 1. The summed E-state index contributed by atoms with van der Waals surface area (Å²) in [5.74, 6) is 1.83. The van der Waals surface area contributed by atoms with Gasteiger partial charge in [-0.25, -0.2) is 0 Å². The molecule has 1 aromatic rings. The highest BCUT2D eigenvalue weighted by Gasteiger charge is 2.28. The molecule has 2 aliphatic rings. The molecule has 2 atom stereocenters. The van der Waals surface area contributed by atoms with Crippen LogP contribution in [0.2, 0.25) is 0 Å². The van der Waals surface area contributed by atoms with Gasteiger partial charge in [0.25, 0.3) is 5.91 Å². The van der Waals surface area contributed by atoms with Crippen molar-refractivity contribution in [1.29, 1.82) is 0 Å². The maximum absolute atomic E-state index is 12.9. The van der Waals surface area contributed by atoms with Crippen LogP contribution >= 0.6 is 0 Å². The molecule has 2 aliphatic heterocycles. The van der Waals surface area contributed by atoms with E-state index in [1.54, 1.807) is 0 Å². The Hall–Kier alpha value is -2.08. The van der Waals surface area contributed by atoms with Crippen molar-refractivity contribution >= 4 is 11.8 Å². The van der Waals surface area contributed by atoms with Crippen molar-refractivity contribution in [3.8, 4) is 5.75 Å². The summed E-state index contributed by atoms with van der Waals surface area (Å²) in [5, 5.41) is 3.44. The summed E-state index contributed by atoms with van der Waals surface area (Å²) in [6.45, 7) is 9.12. The molecule has 0 aliphatic carbocycles. The summed E-state index contributed by atoms with van der Waals surface area (Å²) in [6.07, 6.45) is 3.02. The number of rotatable bonds is 6. The van der Waals surface area contributed by atoms with Crippen LogP contribution < -0.4 is 10.1 Å². The van der Waals surface area contributed by atoms with Gasteiger partial charge in [0.1, 0.15) is 5.75 Å². The van der Waals surface area contributed by atoms with E-state index in [0.717, 1.165) is 13.1 Å². The van der Waals surface area contributed by atoms with E-state index in [1.165, 1.54) is 12.8 Å². The number of nitrogens with zero attached hydrogens (tertiary/aromatic N) is 2. The number of carbonyl (C=O) groups is 2. The van der Waals surface area contributed by atoms with Crippen LogP contribution in [0, 0.1) is 11.8 Å². The molecule has 2 saturated heterocycles. The molecule has 0 aromatic heterocycles. The van der Waals surface area contributed by atoms with Gasteiger partial charge >= 0.3 is 0 Å². The fourth-order valence-corrected chi connectivity index (χ4v) is 4.19. The number of carbonyl (C=O) groups excluding carboxylic acids is 2. The summed E-state index contributed by atoms with van der Waals surface area (Å²) in [4.78, 5) is 29.4. The SMILES string of the molecule is CCOc1ccccc1C(=O)N1CCN(C(=O)CC(C)C2CCCNC2)CC1. The number of piperidine rings is 1. The largest absolute Gasteiger partial charge is 0.493 e. The third-order valence-electron chi connectivity index (χ3n) is 5.97. The van der Waals surface area contributed by atoms with Gasteiger partial charge in [0.05, 0.1) is 12.2 Å². The van der Waals surface area contributed by atoms with Crippen LogP contribution in [0.15, 0.2) is 24.3 Å². The van der Waals surface area contributed by atoms with Crippen molar-refractivity contribution in [2.75, 3.05) is 45.9 Å². The lowest BCUT2D eigenvalue weighted by Gasteiger charge is -2.36. The van der Waals surface area contributed by atoms with Gasteiger partial charge in [-0.15, -0.1) is 0 Å². The second-order valence-corrected chi connectivity index (χ2v) is 7.89. The highest BCUT2D eigenvalue weighted by atomic mass is 16.5. The first-order chi connectivity index (χ1) is 13.6. The summed E-state index contributed by atoms with van der Waals surface area (Å²) in [5.41, 5.74) is 0.600. The van der Waals surface area contributed by atoms with E-state index in [0.29, 0.717) is 62.4 Å². The van der Waals surface area contributed by atoms with Crippen molar-refractivity contribution in [2.24, 2.45) is 11.8 Å². The average Bonchev–Trinajstić information content (AvgIpc) is 2.74. The zero-order chi connectivity index (χ0) is 19.9. The van der Waals surface area contributed by atoms with Crippen LogP contribution in [0.25, 0.3) is 0 Å². The van der Waals surface area contributed by atoms with Crippen LogP contribution in [0.4, 0.5) is 0 Å². The van der Waals surface area contributed by atoms with Gasteiger partial charge in [-0.3, -0.25) is 9.59 Å². The third-order valence-corrected chi connectivity index (χ3v) is 5.97. The van der Waals surface area contributed by atoms with Crippen LogP contribution in [-0.2, 0) is 4.79 Å². The Morgan fingerprint density at radius 1 is 1.18 bits per heavy atom. The minimum Gasteiger partial charge on any atom is -0.493 e. The smallest absolute Gasteiger partial charge is 0.257 e. The first kappa shape index (κ1) is 20.6. The lowest BCUT2D eigenvalue weighted by Crippen LogP contribution is -2.51. The summed E-state index contributed by atoms with van der Waals surface area (Å²) in [7, 11) is 0. The number of hydrogen-bond acceptors (Lipinski definition) is 4. The zero-order valence-electron chi connectivity index (χ0n) is 17.2. The lowest BCUT2D eigenvalue weighted by molar-refractivity contribution is -0.134. The van der Waals surface area contributed by atoms with Crippen molar-refractivity contribution in [2.45, 2.75) is 33.1 Å². The van der Waals surface area contributed by atoms with E-state index >= 15 is 0 Å². The zero-order valence-corrected chi connectivity index (χ0v) is 17.2. The molecule has 1 N–H and O–H groups in total. The molecular formula is C22H33N3O3. The number of amides is 2. The molecule has 2 unspecified atom stereocenters. The van der Waals surface area contributed by atoms with E-state index in [9.17, 15) is 9.59 Å². The Kier molecular flexibility index (Phi) is 7.31. The maximum atomic E-state index is 12.9. The Morgan fingerprint density at radius 3 is 2.57 bits per heavy atom. The van der Waals surface area contributed by atoms with Crippen molar-refractivity contribution in [1.82, 2.24) is 15.1 Å². The number of para-hydroxylation sites is 1. The van der Waals surface area contributed by atoms with Crippen molar-refractivity contribution in [3.05, 3.63) is 29.8 Å². The average molecular weight is 388 g/mol. The minimum absolute atomic E-state index is 0.0159. The number of piperazine rings is 1. The lowest BCUT2D eigenvalue weighted by atomic mass is 9.85. The molecule has 0 radical (unpaired) electrons. The Bertz CT molecular complexity index is 665. The molecule has 154 valence electrons.